The van der Waals surface area contributed by atoms with Crippen LogP contribution in [0.1, 0.15) is 29.1 Å². The molecule has 1 unspecified atom stereocenters. The van der Waals surface area contributed by atoms with Crippen molar-refractivity contribution in [2.45, 2.75) is 19.5 Å². The van der Waals surface area contributed by atoms with Gasteiger partial charge in [0.15, 0.2) is 0 Å². The number of fused-ring (bicyclic) bond motifs is 1. The summed E-state index contributed by atoms with van der Waals surface area (Å²) in [5.74, 6) is 0.945. The molecular formula is C27H22N4OS2. The van der Waals surface area contributed by atoms with E-state index in [9.17, 15) is 4.79 Å². The first kappa shape index (κ1) is 21.0. The number of hydrogen-bond acceptors (Lipinski definition) is 5. The Balaban J connectivity index is 1.24. The summed E-state index contributed by atoms with van der Waals surface area (Å²) in [5, 5.41) is 5.15. The number of thiophene rings is 1. The molecule has 1 atom stereocenters. The molecule has 0 aliphatic carbocycles. The summed E-state index contributed by atoms with van der Waals surface area (Å²) in [6.45, 7) is 3.39. The number of carbonyl (C=O) groups excluding carboxylic acids is 1. The van der Waals surface area contributed by atoms with Crippen molar-refractivity contribution < 1.29 is 4.79 Å². The Morgan fingerprint density at radius 3 is 2.53 bits per heavy atom. The van der Waals surface area contributed by atoms with Crippen molar-refractivity contribution in [1.29, 1.82) is 0 Å². The van der Waals surface area contributed by atoms with Crippen molar-refractivity contribution in [3.05, 3.63) is 95.1 Å². The highest BCUT2D eigenvalue weighted by atomic mass is 32.1. The Hall–Kier alpha value is -3.55. The second kappa shape index (κ2) is 8.66. The molecule has 0 N–H and O–H groups in total. The number of carbonyl (C=O) groups is 1. The zero-order chi connectivity index (χ0) is 23.1. The fraction of sp³-hybridized carbons (Fsp3) is 0.148. The largest absolute Gasteiger partial charge is 0.327 e. The molecule has 7 heteroatoms. The molecule has 0 saturated carbocycles. The molecule has 1 aliphatic heterocycles. The van der Waals surface area contributed by atoms with Crippen LogP contribution in [0.3, 0.4) is 0 Å². The van der Waals surface area contributed by atoms with Crippen molar-refractivity contribution in [1.82, 2.24) is 19.4 Å². The first-order valence-electron chi connectivity index (χ1n) is 11.2. The normalized spacial score (nSPS) is 15.3. The Bertz CT molecular complexity index is 1440. The van der Waals surface area contributed by atoms with E-state index in [2.05, 4.69) is 40.5 Å². The molecule has 168 valence electrons. The minimum Gasteiger partial charge on any atom is -0.327 e. The number of imidazole rings is 1. The lowest BCUT2D eigenvalue weighted by molar-refractivity contribution is 0.0638. The molecule has 34 heavy (non-hydrogen) atoms. The van der Waals surface area contributed by atoms with Crippen molar-refractivity contribution in [2.24, 2.45) is 0 Å². The maximum Gasteiger partial charge on any atom is 0.254 e. The number of amides is 1. The molecule has 4 heterocycles. The van der Waals surface area contributed by atoms with Crippen molar-refractivity contribution in [3.8, 4) is 32.4 Å². The van der Waals surface area contributed by atoms with Crippen LogP contribution in [0.5, 0.6) is 0 Å². The molecule has 3 aromatic heterocycles. The highest BCUT2D eigenvalue weighted by molar-refractivity contribution is 7.13. The van der Waals surface area contributed by atoms with E-state index in [0.717, 1.165) is 33.3 Å². The molecule has 2 aromatic carbocycles. The molecule has 1 aliphatic rings. The number of hydrogen-bond donors (Lipinski definition) is 0. The fourth-order valence-electron chi connectivity index (χ4n) is 4.47. The summed E-state index contributed by atoms with van der Waals surface area (Å²) in [4.78, 5) is 26.0. The lowest BCUT2D eigenvalue weighted by Crippen LogP contribution is -2.41. The van der Waals surface area contributed by atoms with Crippen LogP contribution in [0.4, 0.5) is 0 Å². The lowest BCUT2D eigenvalue weighted by atomic mass is 10.1. The third kappa shape index (κ3) is 3.67. The molecule has 0 radical (unpaired) electrons. The maximum absolute atomic E-state index is 13.3. The van der Waals surface area contributed by atoms with Gasteiger partial charge in [0, 0.05) is 34.5 Å². The predicted molar refractivity (Wildman–Crippen MR) is 138 cm³/mol. The van der Waals surface area contributed by atoms with Gasteiger partial charge >= 0.3 is 0 Å². The average molecular weight is 483 g/mol. The van der Waals surface area contributed by atoms with Crippen molar-refractivity contribution in [2.75, 3.05) is 6.54 Å². The molecule has 0 saturated heterocycles. The first-order valence-corrected chi connectivity index (χ1v) is 13.0. The van der Waals surface area contributed by atoms with Crippen LogP contribution < -0.4 is 0 Å². The number of benzene rings is 2. The van der Waals surface area contributed by atoms with Gasteiger partial charge in [-0.15, -0.1) is 22.7 Å². The highest BCUT2D eigenvalue weighted by Gasteiger charge is 2.31. The fourth-order valence-corrected chi connectivity index (χ4v) is 6.02. The number of aromatic nitrogens is 3. The zero-order valence-electron chi connectivity index (χ0n) is 18.6. The van der Waals surface area contributed by atoms with Gasteiger partial charge in [-0.25, -0.2) is 9.97 Å². The van der Waals surface area contributed by atoms with Crippen LogP contribution in [0.25, 0.3) is 32.4 Å². The SMILES string of the molecule is CC1c2ncc(-c3csc(-c4ccccc4)n3)n2CCN1C(=O)c1ccc(-c2cccs2)cc1. The second-order valence-electron chi connectivity index (χ2n) is 8.29. The smallest absolute Gasteiger partial charge is 0.254 e. The Labute approximate surface area is 206 Å². The predicted octanol–water partition coefficient (Wildman–Crippen LogP) is 6.62. The molecule has 0 bridgehead atoms. The van der Waals surface area contributed by atoms with Gasteiger partial charge in [-0.2, -0.15) is 0 Å². The summed E-state index contributed by atoms with van der Waals surface area (Å²) in [6, 6.07) is 22.2. The minimum absolute atomic E-state index is 0.0426. The van der Waals surface area contributed by atoms with Gasteiger partial charge in [0.2, 0.25) is 0 Å². The summed E-state index contributed by atoms with van der Waals surface area (Å²) in [6.07, 6.45) is 1.89. The minimum atomic E-state index is -0.112. The van der Waals surface area contributed by atoms with Crippen LogP contribution in [0, 0.1) is 0 Å². The summed E-state index contributed by atoms with van der Waals surface area (Å²) >= 11 is 3.34. The number of nitrogens with zero attached hydrogens (tertiary/aromatic N) is 4. The van der Waals surface area contributed by atoms with Crippen LogP contribution in [-0.4, -0.2) is 31.9 Å². The molecule has 5 aromatic rings. The molecule has 0 fully saturated rings. The van der Waals surface area contributed by atoms with E-state index in [1.165, 1.54) is 4.88 Å². The molecule has 5 nitrogen and oxygen atoms in total. The maximum atomic E-state index is 13.3. The van der Waals surface area contributed by atoms with Crippen LogP contribution in [0.15, 0.2) is 83.7 Å². The van der Waals surface area contributed by atoms with E-state index >= 15 is 0 Å². The van der Waals surface area contributed by atoms with E-state index < -0.39 is 0 Å². The highest BCUT2D eigenvalue weighted by Crippen LogP contribution is 2.34. The Kier molecular flexibility index (Phi) is 5.36. The van der Waals surface area contributed by atoms with E-state index in [1.807, 2.05) is 59.6 Å². The standard InChI is InChI=1S/C27H22N4OS2/c1-18-25-28-16-23(22-17-34-26(29-22)20-6-3-2-4-7-20)31(25)14-13-30(18)27(32)21-11-9-19(10-12-21)24-8-5-15-33-24/h2-12,15-18H,13-14H2,1H3. The van der Waals surface area contributed by atoms with Gasteiger partial charge in [0.1, 0.15) is 10.8 Å². The third-order valence-electron chi connectivity index (χ3n) is 6.28. The molecular weight excluding hydrogens is 460 g/mol. The Morgan fingerprint density at radius 1 is 0.941 bits per heavy atom. The van der Waals surface area contributed by atoms with Crippen molar-refractivity contribution in [3.63, 3.8) is 0 Å². The first-order chi connectivity index (χ1) is 16.7. The summed E-state index contributed by atoms with van der Waals surface area (Å²) in [7, 11) is 0. The van der Waals surface area contributed by atoms with Gasteiger partial charge in [-0.1, -0.05) is 48.5 Å². The summed E-state index contributed by atoms with van der Waals surface area (Å²) < 4.78 is 2.21. The quantitative estimate of drug-likeness (QED) is 0.289. The zero-order valence-corrected chi connectivity index (χ0v) is 20.2. The van der Waals surface area contributed by atoms with Gasteiger partial charge in [-0.05, 0) is 36.1 Å². The topological polar surface area (TPSA) is 51.0 Å². The monoisotopic (exact) mass is 482 g/mol. The summed E-state index contributed by atoms with van der Waals surface area (Å²) in [5.41, 5.74) is 4.90. The van der Waals surface area contributed by atoms with Gasteiger partial charge in [0.05, 0.1) is 23.6 Å². The number of rotatable bonds is 4. The van der Waals surface area contributed by atoms with E-state index in [-0.39, 0.29) is 11.9 Å². The van der Waals surface area contributed by atoms with Crippen LogP contribution >= 0.6 is 22.7 Å². The third-order valence-corrected chi connectivity index (χ3v) is 8.09. The lowest BCUT2D eigenvalue weighted by Gasteiger charge is -2.34. The van der Waals surface area contributed by atoms with Gasteiger partial charge in [-0.3, -0.25) is 4.79 Å². The second-order valence-corrected chi connectivity index (χ2v) is 10.1. The van der Waals surface area contributed by atoms with Crippen LogP contribution in [0.2, 0.25) is 0 Å². The van der Waals surface area contributed by atoms with Crippen molar-refractivity contribution >= 4 is 28.6 Å². The van der Waals surface area contributed by atoms with E-state index in [0.29, 0.717) is 18.7 Å². The van der Waals surface area contributed by atoms with Gasteiger partial charge in [0.25, 0.3) is 5.91 Å². The van der Waals surface area contributed by atoms with E-state index in [4.69, 9.17) is 9.97 Å². The van der Waals surface area contributed by atoms with Crippen LogP contribution in [-0.2, 0) is 6.54 Å². The Morgan fingerprint density at radius 2 is 1.76 bits per heavy atom. The van der Waals surface area contributed by atoms with E-state index in [1.54, 1.807) is 22.7 Å². The molecule has 0 spiro atoms. The average Bonchev–Trinajstić information content (AvgIpc) is 3.65. The molecule has 6 rings (SSSR count). The van der Waals surface area contributed by atoms with Gasteiger partial charge < -0.3 is 9.47 Å². The molecule has 1 amide bonds. The number of thiazole rings is 1.